The number of halogens is 1. The third kappa shape index (κ3) is 4.25. The summed E-state index contributed by atoms with van der Waals surface area (Å²) < 4.78 is 11.2. The molecule has 4 rings (SSSR count). The van der Waals surface area contributed by atoms with E-state index in [1.807, 2.05) is 30.3 Å². The highest BCUT2D eigenvalue weighted by molar-refractivity contribution is 6.31. The first kappa shape index (κ1) is 22.3. The monoisotopic (exact) mass is 461 g/mol. The normalized spacial score (nSPS) is 10.8. The van der Waals surface area contributed by atoms with E-state index < -0.39 is 11.9 Å². The molecule has 1 heterocycles. The summed E-state index contributed by atoms with van der Waals surface area (Å²) >= 11 is 6.26. The fourth-order valence-electron chi connectivity index (χ4n) is 3.82. The van der Waals surface area contributed by atoms with Crippen LogP contribution in [0.4, 0.5) is 0 Å². The standard InChI is InChI=1S/C26H20ClNO5/c1-32-25(30)18-10-8-16(9-11-18)15-28-23(26(31)33-2)22(17-6-4-3-5-7-17)21-14-19(27)12-13-20(21)24(28)29/h3-14H,15H2,1-2H3. The van der Waals surface area contributed by atoms with Crippen molar-refractivity contribution < 1.29 is 19.1 Å². The van der Waals surface area contributed by atoms with Gasteiger partial charge in [-0.2, -0.15) is 0 Å². The van der Waals surface area contributed by atoms with Crippen molar-refractivity contribution >= 4 is 34.3 Å². The summed E-state index contributed by atoms with van der Waals surface area (Å²) in [5, 5.41) is 1.44. The molecule has 3 aromatic carbocycles. The summed E-state index contributed by atoms with van der Waals surface area (Å²) in [6, 6.07) is 21.0. The van der Waals surface area contributed by atoms with E-state index in [-0.39, 0.29) is 17.8 Å². The van der Waals surface area contributed by atoms with E-state index in [4.69, 9.17) is 21.1 Å². The second-order valence-electron chi connectivity index (χ2n) is 7.35. The predicted molar refractivity (Wildman–Crippen MR) is 127 cm³/mol. The molecule has 6 nitrogen and oxygen atoms in total. The maximum atomic E-state index is 13.5. The Kier molecular flexibility index (Phi) is 6.29. The number of nitrogens with zero attached hydrogens (tertiary/aromatic N) is 1. The number of ether oxygens (including phenoxy) is 2. The van der Waals surface area contributed by atoms with Crippen LogP contribution in [0.5, 0.6) is 0 Å². The van der Waals surface area contributed by atoms with Crippen molar-refractivity contribution in [1.29, 1.82) is 0 Å². The minimum atomic E-state index is -0.640. The van der Waals surface area contributed by atoms with Crippen molar-refractivity contribution in [3.63, 3.8) is 0 Å². The first-order chi connectivity index (χ1) is 15.9. The van der Waals surface area contributed by atoms with E-state index in [0.29, 0.717) is 26.9 Å². The molecule has 0 bridgehead atoms. The van der Waals surface area contributed by atoms with Crippen LogP contribution in [0.3, 0.4) is 0 Å². The molecule has 0 saturated heterocycles. The molecule has 0 unspecified atom stereocenters. The lowest BCUT2D eigenvalue weighted by Crippen LogP contribution is -2.28. The van der Waals surface area contributed by atoms with Gasteiger partial charge in [-0.05, 0) is 46.8 Å². The van der Waals surface area contributed by atoms with Gasteiger partial charge in [-0.25, -0.2) is 9.59 Å². The second-order valence-corrected chi connectivity index (χ2v) is 7.79. The number of carbonyl (C=O) groups excluding carboxylic acids is 2. The van der Waals surface area contributed by atoms with Gasteiger partial charge in [0.15, 0.2) is 0 Å². The molecule has 0 saturated carbocycles. The number of fused-ring (bicyclic) bond motifs is 1. The van der Waals surface area contributed by atoms with Gasteiger partial charge in [0.2, 0.25) is 0 Å². The van der Waals surface area contributed by atoms with Crippen LogP contribution < -0.4 is 5.56 Å². The number of hydrogen-bond donors (Lipinski definition) is 0. The van der Waals surface area contributed by atoms with Crippen molar-refractivity contribution in [2.45, 2.75) is 6.54 Å². The van der Waals surface area contributed by atoms with Gasteiger partial charge in [0.25, 0.3) is 5.56 Å². The number of pyridine rings is 1. The van der Waals surface area contributed by atoms with Crippen LogP contribution in [0, 0.1) is 0 Å². The van der Waals surface area contributed by atoms with Gasteiger partial charge >= 0.3 is 11.9 Å². The highest BCUT2D eigenvalue weighted by Crippen LogP contribution is 2.33. The van der Waals surface area contributed by atoms with Crippen LogP contribution in [-0.4, -0.2) is 30.7 Å². The number of aromatic nitrogens is 1. The van der Waals surface area contributed by atoms with E-state index in [1.165, 1.54) is 18.8 Å². The lowest BCUT2D eigenvalue weighted by molar-refractivity contribution is 0.0584. The third-order valence-corrected chi connectivity index (χ3v) is 5.63. The van der Waals surface area contributed by atoms with Crippen LogP contribution in [0.2, 0.25) is 5.02 Å². The van der Waals surface area contributed by atoms with Gasteiger partial charge in [0, 0.05) is 16.0 Å². The Hall–Kier alpha value is -3.90. The number of carbonyl (C=O) groups is 2. The Labute approximate surface area is 194 Å². The summed E-state index contributed by atoms with van der Waals surface area (Å²) in [5.41, 5.74) is 2.20. The molecule has 0 aliphatic carbocycles. The van der Waals surface area contributed by atoms with Gasteiger partial charge in [0.05, 0.1) is 26.3 Å². The molecular weight excluding hydrogens is 442 g/mol. The number of hydrogen-bond acceptors (Lipinski definition) is 5. The van der Waals surface area contributed by atoms with E-state index in [1.54, 1.807) is 42.5 Å². The molecule has 0 spiro atoms. The summed E-state index contributed by atoms with van der Waals surface area (Å²) in [7, 11) is 2.59. The number of rotatable bonds is 5. The Morgan fingerprint density at radius 3 is 2.15 bits per heavy atom. The van der Waals surface area contributed by atoms with Crippen molar-refractivity contribution in [2.24, 2.45) is 0 Å². The van der Waals surface area contributed by atoms with E-state index >= 15 is 0 Å². The average molecular weight is 462 g/mol. The van der Waals surface area contributed by atoms with Crippen LogP contribution >= 0.6 is 11.6 Å². The first-order valence-electron chi connectivity index (χ1n) is 10.1. The predicted octanol–water partition coefficient (Wildman–Crippen LogP) is 4.94. The van der Waals surface area contributed by atoms with Gasteiger partial charge in [0.1, 0.15) is 5.69 Å². The molecule has 7 heteroatoms. The lowest BCUT2D eigenvalue weighted by Gasteiger charge is -2.19. The first-order valence-corrected chi connectivity index (χ1v) is 10.5. The van der Waals surface area contributed by atoms with Crippen molar-refractivity contribution in [3.8, 4) is 11.1 Å². The average Bonchev–Trinajstić information content (AvgIpc) is 2.85. The molecule has 0 aliphatic rings. The molecule has 0 atom stereocenters. The molecule has 166 valence electrons. The topological polar surface area (TPSA) is 74.6 Å². The summed E-state index contributed by atoms with van der Waals surface area (Å²) in [6.45, 7) is 0.100. The van der Waals surface area contributed by atoms with Crippen LogP contribution in [0.1, 0.15) is 26.4 Å². The number of benzene rings is 3. The third-order valence-electron chi connectivity index (χ3n) is 5.39. The fourth-order valence-corrected chi connectivity index (χ4v) is 3.99. The van der Waals surface area contributed by atoms with E-state index in [0.717, 1.165) is 11.1 Å². The largest absolute Gasteiger partial charge is 0.465 e. The Morgan fingerprint density at radius 1 is 0.848 bits per heavy atom. The molecule has 33 heavy (non-hydrogen) atoms. The van der Waals surface area contributed by atoms with E-state index in [2.05, 4.69) is 0 Å². The summed E-state index contributed by atoms with van der Waals surface area (Å²) in [5.74, 6) is -1.10. The molecule has 4 aromatic rings. The molecule has 0 N–H and O–H groups in total. The minimum Gasteiger partial charge on any atom is -0.465 e. The molecular formula is C26H20ClNO5. The Bertz CT molecular complexity index is 1410. The minimum absolute atomic E-state index is 0.100. The molecule has 0 fully saturated rings. The Morgan fingerprint density at radius 2 is 1.52 bits per heavy atom. The highest BCUT2D eigenvalue weighted by Gasteiger charge is 2.24. The molecule has 0 radical (unpaired) electrons. The molecule has 1 aromatic heterocycles. The van der Waals surface area contributed by atoms with Crippen molar-refractivity contribution in [2.75, 3.05) is 14.2 Å². The van der Waals surface area contributed by atoms with Crippen molar-refractivity contribution in [1.82, 2.24) is 4.57 Å². The zero-order chi connectivity index (χ0) is 23.5. The number of esters is 2. The van der Waals surface area contributed by atoms with Crippen LogP contribution in [0.15, 0.2) is 77.6 Å². The SMILES string of the molecule is COC(=O)c1ccc(Cn2c(C(=O)OC)c(-c3ccccc3)c3cc(Cl)ccc3c2=O)cc1. The fraction of sp³-hybridized carbons (Fsp3) is 0.115. The van der Waals surface area contributed by atoms with Crippen LogP contribution in [-0.2, 0) is 16.0 Å². The quantitative estimate of drug-likeness (QED) is 0.393. The zero-order valence-electron chi connectivity index (χ0n) is 18.0. The van der Waals surface area contributed by atoms with Gasteiger partial charge in [-0.3, -0.25) is 9.36 Å². The van der Waals surface area contributed by atoms with Gasteiger partial charge in [-0.1, -0.05) is 54.1 Å². The van der Waals surface area contributed by atoms with Gasteiger partial charge in [-0.15, -0.1) is 0 Å². The smallest absolute Gasteiger partial charge is 0.355 e. The lowest BCUT2D eigenvalue weighted by atomic mass is 9.96. The number of methoxy groups -OCH3 is 2. The maximum Gasteiger partial charge on any atom is 0.355 e. The molecule has 0 aliphatic heterocycles. The van der Waals surface area contributed by atoms with Gasteiger partial charge < -0.3 is 9.47 Å². The van der Waals surface area contributed by atoms with Crippen LogP contribution in [0.25, 0.3) is 21.9 Å². The maximum absolute atomic E-state index is 13.5. The second kappa shape index (κ2) is 9.30. The molecule has 0 amide bonds. The van der Waals surface area contributed by atoms with Crippen molar-refractivity contribution in [3.05, 3.63) is 105 Å². The summed E-state index contributed by atoms with van der Waals surface area (Å²) in [6.07, 6.45) is 0. The zero-order valence-corrected chi connectivity index (χ0v) is 18.8. The highest BCUT2D eigenvalue weighted by atomic mass is 35.5. The van der Waals surface area contributed by atoms with E-state index in [9.17, 15) is 14.4 Å². The summed E-state index contributed by atoms with van der Waals surface area (Å²) in [4.78, 5) is 38.3. The Balaban J connectivity index is 2.00.